The van der Waals surface area contributed by atoms with Crippen LogP contribution in [0.4, 0.5) is 5.69 Å². The number of nitrogens with zero attached hydrogens (tertiary/aromatic N) is 2. The highest BCUT2D eigenvalue weighted by molar-refractivity contribution is 6.31. The van der Waals surface area contributed by atoms with E-state index in [1.54, 1.807) is 0 Å². The minimum Gasteiger partial charge on any atom is -0.378 e. The Labute approximate surface area is 153 Å². The summed E-state index contributed by atoms with van der Waals surface area (Å²) in [6, 6.07) is 15.7. The number of nitrogens with one attached hydrogen (secondary N) is 1. The van der Waals surface area contributed by atoms with Gasteiger partial charge in [0.15, 0.2) is 0 Å². The van der Waals surface area contributed by atoms with Crippen LogP contribution in [0.3, 0.4) is 0 Å². The van der Waals surface area contributed by atoms with Gasteiger partial charge >= 0.3 is 0 Å². The molecule has 0 radical (unpaired) electrons. The van der Waals surface area contributed by atoms with Crippen LogP contribution in [0.2, 0.25) is 5.02 Å². The van der Waals surface area contributed by atoms with Crippen LogP contribution in [0.25, 0.3) is 10.9 Å². The van der Waals surface area contributed by atoms with E-state index in [0.29, 0.717) is 23.8 Å². The van der Waals surface area contributed by atoms with Crippen molar-refractivity contribution in [1.29, 1.82) is 0 Å². The van der Waals surface area contributed by atoms with Crippen molar-refractivity contribution < 1.29 is 4.79 Å². The van der Waals surface area contributed by atoms with E-state index >= 15 is 0 Å². The van der Waals surface area contributed by atoms with Gasteiger partial charge in [-0.15, -0.1) is 0 Å². The molecule has 1 aromatic heterocycles. The van der Waals surface area contributed by atoms with E-state index in [4.69, 9.17) is 11.6 Å². The van der Waals surface area contributed by atoms with Crippen molar-refractivity contribution in [3.8, 4) is 0 Å². The first-order valence-corrected chi connectivity index (χ1v) is 8.69. The molecule has 0 atom stereocenters. The second kappa shape index (κ2) is 7.19. The Morgan fingerprint density at radius 3 is 2.44 bits per heavy atom. The molecule has 3 rings (SSSR count). The highest BCUT2D eigenvalue weighted by atomic mass is 35.5. The lowest BCUT2D eigenvalue weighted by Gasteiger charge is -2.21. The van der Waals surface area contributed by atoms with Gasteiger partial charge in [0, 0.05) is 48.8 Å². The maximum Gasteiger partial charge on any atom is 0.270 e. The highest BCUT2D eigenvalue weighted by Crippen LogP contribution is 2.21. The molecule has 0 spiro atoms. The first kappa shape index (κ1) is 17.4. The van der Waals surface area contributed by atoms with Crippen molar-refractivity contribution in [2.75, 3.05) is 25.5 Å². The number of aromatic amines is 1. The minimum atomic E-state index is -0.00786. The molecule has 0 fully saturated rings. The Balaban J connectivity index is 1.80. The fraction of sp³-hybridized carbons (Fsp3) is 0.250. The third-order valence-corrected chi connectivity index (χ3v) is 4.55. The lowest BCUT2D eigenvalue weighted by Crippen LogP contribution is -2.30. The lowest BCUT2D eigenvalue weighted by molar-refractivity contribution is 0.0747. The van der Waals surface area contributed by atoms with Crippen molar-refractivity contribution in [3.63, 3.8) is 0 Å². The van der Waals surface area contributed by atoms with Crippen LogP contribution < -0.4 is 4.90 Å². The van der Waals surface area contributed by atoms with Crippen LogP contribution in [-0.2, 0) is 6.54 Å². The van der Waals surface area contributed by atoms with Crippen LogP contribution in [0.1, 0.15) is 23.0 Å². The monoisotopic (exact) mass is 355 g/mol. The van der Waals surface area contributed by atoms with Crippen molar-refractivity contribution >= 4 is 34.1 Å². The highest BCUT2D eigenvalue weighted by Gasteiger charge is 2.17. The summed E-state index contributed by atoms with van der Waals surface area (Å²) in [5.41, 5.74) is 3.72. The normalized spacial score (nSPS) is 10.9. The molecular formula is C20H22ClN3O. The molecule has 3 aromatic rings. The molecule has 2 aromatic carbocycles. The van der Waals surface area contributed by atoms with Gasteiger partial charge in [0.1, 0.15) is 5.69 Å². The van der Waals surface area contributed by atoms with Gasteiger partial charge in [0.25, 0.3) is 5.91 Å². The van der Waals surface area contributed by atoms with Crippen molar-refractivity contribution in [3.05, 3.63) is 64.8 Å². The van der Waals surface area contributed by atoms with Crippen LogP contribution in [0, 0.1) is 0 Å². The van der Waals surface area contributed by atoms with Gasteiger partial charge in [-0.3, -0.25) is 4.79 Å². The van der Waals surface area contributed by atoms with Gasteiger partial charge in [-0.25, -0.2) is 0 Å². The number of anilines is 1. The summed E-state index contributed by atoms with van der Waals surface area (Å²) in [7, 11) is 4.03. The number of aromatic nitrogens is 1. The fourth-order valence-corrected chi connectivity index (χ4v) is 3.00. The third-order valence-electron chi connectivity index (χ3n) is 4.31. The lowest BCUT2D eigenvalue weighted by atomic mass is 10.1. The Bertz CT molecular complexity index is 884. The SMILES string of the molecule is CCN(Cc1ccc(N(C)C)cc1)C(=O)c1cc2ccc(Cl)cc2[nH]1. The third kappa shape index (κ3) is 3.80. The predicted octanol–water partition coefficient (Wildman–Crippen LogP) is 4.55. The number of carbonyl (C=O) groups is 1. The minimum absolute atomic E-state index is 0.00786. The average Bonchev–Trinajstić information content (AvgIpc) is 3.02. The molecule has 0 bridgehead atoms. The molecule has 4 nitrogen and oxygen atoms in total. The summed E-state index contributed by atoms with van der Waals surface area (Å²) in [6.45, 7) is 3.22. The molecule has 5 heteroatoms. The first-order valence-electron chi connectivity index (χ1n) is 8.31. The summed E-state index contributed by atoms with van der Waals surface area (Å²) in [6.07, 6.45) is 0. The standard InChI is InChI=1S/C20H22ClN3O/c1-4-24(13-14-5-9-17(10-6-14)23(2)3)20(25)19-11-15-7-8-16(21)12-18(15)22-19/h5-12,22H,4,13H2,1-3H3. The van der Waals surface area contributed by atoms with Crippen molar-refractivity contribution in [1.82, 2.24) is 9.88 Å². The molecule has 1 heterocycles. The Kier molecular flexibility index (Phi) is 5.00. The van der Waals surface area contributed by atoms with Crippen LogP contribution >= 0.6 is 11.6 Å². The van der Waals surface area contributed by atoms with Gasteiger partial charge in [0.05, 0.1) is 0 Å². The summed E-state index contributed by atoms with van der Waals surface area (Å²) >= 11 is 6.02. The zero-order valence-electron chi connectivity index (χ0n) is 14.7. The van der Waals surface area contributed by atoms with E-state index in [9.17, 15) is 4.79 Å². The summed E-state index contributed by atoms with van der Waals surface area (Å²) in [5.74, 6) is -0.00786. The van der Waals surface area contributed by atoms with Gasteiger partial charge in [0.2, 0.25) is 0 Å². The Morgan fingerprint density at radius 1 is 1.08 bits per heavy atom. The number of halogens is 1. The van der Waals surface area contributed by atoms with E-state index in [1.165, 1.54) is 0 Å². The summed E-state index contributed by atoms with van der Waals surface area (Å²) < 4.78 is 0. The summed E-state index contributed by atoms with van der Waals surface area (Å²) in [4.78, 5) is 19.9. The molecule has 25 heavy (non-hydrogen) atoms. The van der Waals surface area contributed by atoms with Gasteiger partial charge in [-0.1, -0.05) is 29.8 Å². The summed E-state index contributed by atoms with van der Waals surface area (Å²) in [5, 5.41) is 1.64. The number of benzene rings is 2. The number of hydrogen-bond donors (Lipinski definition) is 1. The van der Waals surface area contributed by atoms with Gasteiger partial charge < -0.3 is 14.8 Å². The van der Waals surface area contributed by atoms with E-state index in [0.717, 1.165) is 22.2 Å². The number of amides is 1. The van der Waals surface area contributed by atoms with Crippen molar-refractivity contribution in [2.24, 2.45) is 0 Å². The number of fused-ring (bicyclic) bond motifs is 1. The zero-order valence-corrected chi connectivity index (χ0v) is 15.5. The van der Waals surface area contributed by atoms with Crippen molar-refractivity contribution in [2.45, 2.75) is 13.5 Å². The number of rotatable bonds is 5. The molecule has 0 aliphatic rings. The molecule has 1 amide bonds. The average molecular weight is 356 g/mol. The van der Waals surface area contributed by atoms with E-state index in [-0.39, 0.29) is 5.91 Å². The molecule has 0 saturated carbocycles. The first-order chi connectivity index (χ1) is 12.0. The Hall–Kier alpha value is -2.46. The number of carbonyl (C=O) groups excluding carboxylic acids is 1. The zero-order chi connectivity index (χ0) is 18.0. The fourth-order valence-electron chi connectivity index (χ4n) is 2.83. The van der Waals surface area contributed by atoms with E-state index < -0.39 is 0 Å². The maximum absolute atomic E-state index is 12.9. The number of H-pyrrole nitrogens is 1. The van der Waals surface area contributed by atoms with Crippen LogP contribution in [0.15, 0.2) is 48.5 Å². The van der Waals surface area contributed by atoms with Crippen LogP contribution in [0.5, 0.6) is 0 Å². The van der Waals surface area contributed by atoms with Gasteiger partial charge in [-0.05, 0) is 42.8 Å². The predicted molar refractivity (Wildman–Crippen MR) is 104 cm³/mol. The quantitative estimate of drug-likeness (QED) is 0.729. The largest absolute Gasteiger partial charge is 0.378 e. The number of hydrogen-bond acceptors (Lipinski definition) is 2. The molecule has 0 aliphatic carbocycles. The topological polar surface area (TPSA) is 39.3 Å². The van der Waals surface area contributed by atoms with E-state index in [1.807, 2.05) is 50.2 Å². The molecule has 0 unspecified atom stereocenters. The van der Waals surface area contributed by atoms with Gasteiger partial charge in [-0.2, -0.15) is 0 Å². The van der Waals surface area contributed by atoms with E-state index in [2.05, 4.69) is 34.1 Å². The molecular weight excluding hydrogens is 334 g/mol. The molecule has 1 N–H and O–H groups in total. The van der Waals surface area contributed by atoms with Crippen LogP contribution in [-0.4, -0.2) is 36.4 Å². The maximum atomic E-state index is 12.9. The molecule has 130 valence electrons. The second-order valence-electron chi connectivity index (χ2n) is 6.29. The molecule has 0 saturated heterocycles. The second-order valence-corrected chi connectivity index (χ2v) is 6.73. The Morgan fingerprint density at radius 2 is 1.80 bits per heavy atom. The molecule has 0 aliphatic heterocycles. The smallest absolute Gasteiger partial charge is 0.270 e.